The van der Waals surface area contributed by atoms with Gasteiger partial charge >= 0.3 is 0 Å². The maximum atomic E-state index is 12.8. The average Bonchev–Trinajstić information content (AvgIpc) is 3.20. The van der Waals surface area contributed by atoms with E-state index in [9.17, 15) is 4.79 Å². The van der Waals surface area contributed by atoms with Crippen molar-refractivity contribution < 1.29 is 4.79 Å². The summed E-state index contributed by atoms with van der Waals surface area (Å²) >= 11 is 6.90. The molecular formula is C17H19Br2N3O. The molecule has 1 aliphatic rings. The van der Waals surface area contributed by atoms with E-state index in [1.165, 1.54) is 12.8 Å². The second-order valence-electron chi connectivity index (χ2n) is 6.89. The summed E-state index contributed by atoms with van der Waals surface area (Å²) in [5, 5.41) is 7.66. The van der Waals surface area contributed by atoms with Gasteiger partial charge in [-0.05, 0) is 73.8 Å². The van der Waals surface area contributed by atoms with Crippen molar-refractivity contribution in [2.24, 2.45) is 0 Å². The molecule has 1 amide bonds. The number of carbonyl (C=O) groups excluding carboxylic acids is 1. The van der Waals surface area contributed by atoms with Gasteiger partial charge in [0.05, 0.1) is 16.9 Å². The summed E-state index contributed by atoms with van der Waals surface area (Å²) in [5.41, 5.74) is 2.12. The second kappa shape index (κ2) is 6.06. The van der Waals surface area contributed by atoms with Crippen molar-refractivity contribution in [3.63, 3.8) is 0 Å². The van der Waals surface area contributed by atoms with Gasteiger partial charge in [-0.1, -0.05) is 15.9 Å². The van der Waals surface area contributed by atoms with Crippen molar-refractivity contribution in [1.82, 2.24) is 9.78 Å². The number of benzene rings is 1. The monoisotopic (exact) mass is 439 g/mol. The quantitative estimate of drug-likeness (QED) is 0.704. The van der Waals surface area contributed by atoms with E-state index in [0.29, 0.717) is 11.6 Å². The third-order valence-electron chi connectivity index (χ3n) is 3.77. The van der Waals surface area contributed by atoms with E-state index in [1.807, 2.05) is 28.9 Å². The van der Waals surface area contributed by atoms with E-state index < -0.39 is 0 Å². The first kappa shape index (κ1) is 16.7. The highest BCUT2D eigenvalue weighted by Crippen LogP contribution is 2.40. The molecule has 2 aromatic rings. The van der Waals surface area contributed by atoms with E-state index in [4.69, 9.17) is 0 Å². The SMILES string of the molecule is CC(C)(C)n1nc(C2CC2)cc1C(=O)Nc1cc(Br)ccc1Br. The van der Waals surface area contributed by atoms with Gasteiger partial charge in [0.15, 0.2) is 0 Å². The van der Waals surface area contributed by atoms with Crippen molar-refractivity contribution in [2.75, 3.05) is 5.32 Å². The van der Waals surface area contributed by atoms with Gasteiger partial charge < -0.3 is 5.32 Å². The van der Waals surface area contributed by atoms with Crippen molar-refractivity contribution >= 4 is 43.5 Å². The first-order valence-electron chi connectivity index (χ1n) is 7.62. The van der Waals surface area contributed by atoms with Gasteiger partial charge in [0, 0.05) is 14.9 Å². The fourth-order valence-corrected chi connectivity index (χ4v) is 3.14. The summed E-state index contributed by atoms with van der Waals surface area (Å²) in [6.45, 7) is 6.17. The standard InChI is InChI=1S/C17H19Br2N3O/c1-17(2,3)22-15(9-13(21-22)10-4-5-10)16(23)20-14-8-11(18)6-7-12(14)19/h6-10H,4-5H2,1-3H3,(H,20,23). The Morgan fingerprint density at radius 1 is 1.26 bits per heavy atom. The predicted molar refractivity (Wildman–Crippen MR) is 99.0 cm³/mol. The van der Waals surface area contributed by atoms with E-state index >= 15 is 0 Å². The Morgan fingerprint density at radius 2 is 1.96 bits per heavy atom. The lowest BCUT2D eigenvalue weighted by atomic mass is 10.1. The molecule has 1 saturated carbocycles. The van der Waals surface area contributed by atoms with Gasteiger partial charge in [-0.3, -0.25) is 9.48 Å². The van der Waals surface area contributed by atoms with Crippen LogP contribution in [0.25, 0.3) is 0 Å². The zero-order valence-electron chi connectivity index (χ0n) is 13.4. The molecular weight excluding hydrogens is 422 g/mol. The Balaban J connectivity index is 1.93. The highest BCUT2D eigenvalue weighted by Gasteiger charge is 2.31. The molecule has 6 heteroatoms. The Kier molecular flexibility index (Phi) is 4.40. The molecule has 1 heterocycles. The summed E-state index contributed by atoms with van der Waals surface area (Å²) < 4.78 is 3.60. The molecule has 0 aliphatic heterocycles. The molecule has 0 spiro atoms. The molecule has 1 aliphatic carbocycles. The van der Waals surface area contributed by atoms with Crippen LogP contribution in [0.15, 0.2) is 33.2 Å². The molecule has 1 aromatic carbocycles. The number of nitrogens with zero attached hydrogens (tertiary/aromatic N) is 2. The van der Waals surface area contributed by atoms with Gasteiger partial charge in [0.2, 0.25) is 0 Å². The van der Waals surface area contributed by atoms with Crippen molar-refractivity contribution in [2.45, 2.75) is 45.1 Å². The van der Waals surface area contributed by atoms with Crippen LogP contribution in [0.1, 0.15) is 55.7 Å². The minimum Gasteiger partial charge on any atom is -0.320 e. The number of amides is 1. The van der Waals surface area contributed by atoms with Crippen molar-refractivity contribution in [1.29, 1.82) is 0 Å². The van der Waals surface area contributed by atoms with Crippen LogP contribution < -0.4 is 5.32 Å². The molecule has 4 nitrogen and oxygen atoms in total. The lowest BCUT2D eigenvalue weighted by molar-refractivity contribution is 0.100. The van der Waals surface area contributed by atoms with Crippen LogP contribution >= 0.6 is 31.9 Å². The first-order chi connectivity index (χ1) is 10.8. The number of nitrogens with one attached hydrogen (secondary N) is 1. The number of anilines is 1. The van der Waals surface area contributed by atoms with Crippen LogP contribution in [0.2, 0.25) is 0 Å². The molecule has 0 bridgehead atoms. The van der Waals surface area contributed by atoms with Crippen LogP contribution in [-0.2, 0) is 5.54 Å². The zero-order valence-corrected chi connectivity index (χ0v) is 16.5. The van der Waals surface area contributed by atoms with E-state index in [1.54, 1.807) is 0 Å². The van der Waals surface area contributed by atoms with Crippen LogP contribution in [-0.4, -0.2) is 15.7 Å². The van der Waals surface area contributed by atoms with Crippen molar-refractivity contribution in [3.05, 3.63) is 44.6 Å². The molecule has 3 rings (SSSR count). The predicted octanol–water partition coefficient (Wildman–Crippen LogP) is 5.29. The summed E-state index contributed by atoms with van der Waals surface area (Å²) in [6, 6.07) is 7.63. The third-order valence-corrected chi connectivity index (χ3v) is 4.95. The van der Waals surface area contributed by atoms with E-state index in [-0.39, 0.29) is 11.4 Å². The maximum Gasteiger partial charge on any atom is 0.273 e. The Morgan fingerprint density at radius 3 is 2.57 bits per heavy atom. The van der Waals surface area contributed by atoms with Gasteiger partial charge in [-0.25, -0.2) is 0 Å². The number of aromatic nitrogens is 2. The number of halogens is 2. The largest absolute Gasteiger partial charge is 0.320 e. The minimum atomic E-state index is -0.242. The van der Waals surface area contributed by atoms with Gasteiger partial charge in [-0.2, -0.15) is 5.10 Å². The summed E-state index contributed by atoms with van der Waals surface area (Å²) in [7, 11) is 0. The highest BCUT2D eigenvalue weighted by molar-refractivity contribution is 9.11. The lowest BCUT2D eigenvalue weighted by Crippen LogP contribution is -2.29. The molecule has 1 fully saturated rings. The molecule has 0 unspecified atom stereocenters. The molecule has 23 heavy (non-hydrogen) atoms. The molecule has 122 valence electrons. The van der Waals surface area contributed by atoms with E-state index in [0.717, 1.165) is 20.3 Å². The Labute approximate surface area is 152 Å². The minimum absolute atomic E-state index is 0.141. The average molecular weight is 441 g/mol. The smallest absolute Gasteiger partial charge is 0.273 e. The molecule has 0 radical (unpaired) electrons. The van der Waals surface area contributed by atoms with Gasteiger partial charge in [0.1, 0.15) is 5.69 Å². The Bertz CT molecular complexity index is 758. The summed E-state index contributed by atoms with van der Waals surface area (Å²) in [6.07, 6.45) is 2.33. The molecule has 0 saturated heterocycles. The van der Waals surface area contributed by atoms with Crippen LogP contribution in [0, 0.1) is 0 Å². The zero-order chi connectivity index (χ0) is 16.8. The van der Waals surface area contributed by atoms with Crippen LogP contribution in [0.4, 0.5) is 5.69 Å². The first-order valence-corrected chi connectivity index (χ1v) is 9.21. The summed E-state index contributed by atoms with van der Waals surface area (Å²) in [5.74, 6) is 0.376. The second-order valence-corrected chi connectivity index (χ2v) is 8.66. The fourth-order valence-electron chi connectivity index (χ4n) is 2.43. The number of hydrogen-bond donors (Lipinski definition) is 1. The van der Waals surface area contributed by atoms with Gasteiger partial charge in [-0.15, -0.1) is 0 Å². The van der Waals surface area contributed by atoms with Crippen molar-refractivity contribution in [3.8, 4) is 0 Å². The maximum absolute atomic E-state index is 12.8. The molecule has 0 atom stereocenters. The highest BCUT2D eigenvalue weighted by atomic mass is 79.9. The van der Waals surface area contributed by atoms with Gasteiger partial charge in [0.25, 0.3) is 5.91 Å². The summed E-state index contributed by atoms with van der Waals surface area (Å²) in [4.78, 5) is 12.8. The van der Waals surface area contributed by atoms with Crippen LogP contribution in [0.5, 0.6) is 0 Å². The number of rotatable bonds is 3. The lowest BCUT2D eigenvalue weighted by Gasteiger charge is -2.22. The number of carbonyl (C=O) groups is 1. The molecule has 1 aromatic heterocycles. The van der Waals surface area contributed by atoms with Crippen LogP contribution in [0.3, 0.4) is 0 Å². The Hall–Kier alpha value is -1.14. The number of hydrogen-bond acceptors (Lipinski definition) is 2. The normalized spacial score (nSPS) is 14.8. The molecule has 1 N–H and O–H groups in total. The fraction of sp³-hybridized carbons (Fsp3) is 0.412. The topological polar surface area (TPSA) is 46.9 Å². The van der Waals surface area contributed by atoms with E-state index in [2.05, 4.69) is 63.0 Å². The third kappa shape index (κ3) is 3.69.